The van der Waals surface area contributed by atoms with Crippen LogP contribution in [-0.4, -0.2) is 23.9 Å². The first kappa shape index (κ1) is 13.7. The minimum absolute atomic E-state index is 0.0472. The number of benzene rings is 2. The van der Waals surface area contributed by atoms with Gasteiger partial charge in [0.2, 0.25) is 0 Å². The van der Waals surface area contributed by atoms with Crippen LogP contribution >= 0.6 is 0 Å². The van der Waals surface area contributed by atoms with Crippen molar-refractivity contribution < 1.29 is 4.79 Å². The molecule has 0 aliphatic carbocycles. The minimum Gasteiger partial charge on any atom is -0.398 e. The number of hydrogen-bond donors (Lipinski definition) is 1. The third-order valence-electron chi connectivity index (χ3n) is 4.18. The first-order chi connectivity index (χ1) is 10.1. The number of likely N-dealkylation sites (tertiary alicyclic amines) is 1. The fraction of sp³-hybridized carbons (Fsp3) is 0.278. The fourth-order valence-electron chi connectivity index (χ4n) is 2.99. The molecule has 108 valence electrons. The van der Waals surface area contributed by atoms with E-state index in [-0.39, 0.29) is 5.91 Å². The van der Waals surface area contributed by atoms with Crippen LogP contribution in [0.2, 0.25) is 0 Å². The molecular weight excluding hydrogens is 260 g/mol. The minimum atomic E-state index is 0.0472. The zero-order valence-corrected chi connectivity index (χ0v) is 12.3. The van der Waals surface area contributed by atoms with Crippen molar-refractivity contribution in [1.29, 1.82) is 0 Å². The van der Waals surface area contributed by atoms with Gasteiger partial charge in [-0.3, -0.25) is 4.79 Å². The molecule has 2 N–H and O–H groups in total. The SMILES string of the molecule is Cc1ccc(C(=O)N2CCC(c3ccccc3)C2)c(N)c1. The number of aryl methyl sites for hydroxylation is 1. The van der Waals surface area contributed by atoms with E-state index >= 15 is 0 Å². The first-order valence-corrected chi connectivity index (χ1v) is 7.35. The zero-order chi connectivity index (χ0) is 14.8. The second-order valence-electron chi connectivity index (χ2n) is 5.74. The van der Waals surface area contributed by atoms with E-state index in [0.29, 0.717) is 17.2 Å². The van der Waals surface area contributed by atoms with Crippen molar-refractivity contribution in [2.45, 2.75) is 19.3 Å². The normalized spacial score (nSPS) is 18.0. The highest BCUT2D eigenvalue weighted by Crippen LogP contribution is 2.28. The lowest BCUT2D eigenvalue weighted by Crippen LogP contribution is -2.29. The van der Waals surface area contributed by atoms with Crippen molar-refractivity contribution in [3.63, 3.8) is 0 Å². The maximum atomic E-state index is 12.6. The Morgan fingerprint density at radius 3 is 2.67 bits per heavy atom. The molecule has 0 spiro atoms. The number of anilines is 1. The molecule has 3 rings (SSSR count). The number of carbonyl (C=O) groups is 1. The maximum Gasteiger partial charge on any atom is 0.255 e. The largest absolute Gasteiger partial charge is 0.398 e. The number of nitrogens with two attached hydrogens (primary N) is 1. The monoisotopic (exact) mass is 280 g/mol. The van der Waals surface area contributed by atoms with E-state index in [1.54, 1.807) is 0 Å². The molecule has 1 aliphatic rings. The molecule has 1 aliphatic heterocycles. The molecule has 2 aromatic carbocycles. The molecule has 1 fully saturated rings. The van der Waals surface area contributed by atoms with Gasteiger partial charge in [0, 0.05) is 24.7 Å². The van der Waals surface area contributed by atoms with Crippen LogP contribution in [0.25, 0.3) is 0 Å². The van der Waals surface area contributed by atoms with Gasteiger partial charge < -0.3 is 10.6 Å². The Labute approximate surface area is 125 Å². The molecule has 1 heterocycles. The summed E-state index contributed by atoms with van der Waals surface area (Å²) in [7, 11) is 0. The maximum absolute atomic E-state index is 12.6. The number of nitrogen functional groups attached to an aromatic ring is 1. The van der Waals surface area contributed by atoms with Gasteiger partial charge in [-0.2, -0.15) is 0 Å². The molecule has 0 bridgehead atoms. The Balaban J connectivity index is 1.75. The Morgan fingerprint density at radius 1 is 1.19 bits per heavy atom. The van der Waals surface area contributed by atoms with E-state index in [2.05, 4.69) is 24.3 Å². The average molecular weight is 280 g/mol. The predicted octanol–water partition coefficient (Wildman–Crippen LogP) is 3.21. The van der Waals surface area contributed by atoms with E-state index < -0.39 is 0 Å². The topological polar surface area (TPSA) is 46.3 Å². The highest BCUT2D eigenvalue weighted by Gasteiger charge is 2.28. The number of carbonyl (C=O) groups excluding carboxylic acids is 1. The summed E-state index contributed by atoms with van der Waals surface area (Å²) >= 11 is 0. The predicted molar refractivity (Wildman–Crippen MR) is 85.3 cm³/mol. The van der Waals surface area contributed by atoms with Gasteiger partial charge in [-0.05, 0) is 36.6 Å². The summed E-state index contributed by atoms with van der Waals surface area (Å²) in [5, 5.41) is 0. The van der Waals surface area contributed by atoms with Crippen LogP contribution in [0.1, 0.15) is 33.8 Å². The van der Waals surface area contributed by atoms with Gasteiger partial charge in [0.15, 0.2) is 0 Å². The van der Waals surface area contributed by atoms with Gasteiger partial charge >= 0.3 is 0 Å². The van der Waals surface area contributed by atoms with Gasteiger partial charge in [0.1, 0.15) is 0 Å². The van der Waals surface area contributed by atoms with Crippen LogP contribution < -0.4 is 5.73 Å². The smallest absolute Gasteiger partial charge is 0.255 e. The lowest BCUT2D eigenvalue weighted by molar-refractivity contribution is 0.0792. The van der Waals surface area contributed by atoms with Crippen molar-refractivity contribution in [3.8, 4) is 0 Å². The quantitative estimate of drug-likeness (QED) is 0.859. The highest BCUT2D eigenvalue weighted by atomic mass is 16.2. The molecule has 1 atom stereocenters. The molecule has 0 saturated carbocycles. The van der Waals surface area contributed by atoms with Gasteiger partial charge in [0.25, 0.3) is 5.91 Å². The van der Waals surface area contributed by atoms with Gasteiger partial charge in [0.05, 0.1) is 5.56 Å². The van der Waals surface area contributed by atoms with Gasteiger partial charge in [-0.1, -0.05) is 36.4 Å². The van der Waals surface area contributed by atoms with Crippen LogP contribution in [-0.2, 0) is 0 Å². The van der Waals surface area contributed by atoms with Crippen molar-refractivity contribution in [2.24, 2.45) is 0 Å². The number of hydrogen-bond acceptors (Lipinski definition) is 2. The number of nitrogens with zero attached hydrogens (tertiary/aromatic N) is 1. The molecule has 1 saturated heterocycles. The van der Waals surface area contributed by atoms with Crippen LogP contribution in [0.4, 0.5) is 5.69 Å². The number of rotatable bonds is 2. The van der Waals surface area contributed by atoms with E-state index in [1.807, 2.05) is 36.1 Å². The Morgan fingerprint density at radius 2 is 1.95 bits per heavy atom. The summed E-state index contributed by atoms with van der Waals surface area (Å²) < 4.78 is 0. The van der Waals surface area contributed by atoms with Crippen LogP contribution in [0, 0.1) is 6.92 Å². The molecular formula is C18H20N2O. The Hall–Kier alpha value is -2.29. The van der Waals surface area contributed by atoms with Crippen molar-refractivity contribution in [3.05, 3.63) is 65.2 Å². The van der Waals surface area contributed by atoms with Crippen molar-refractivity contribution >= 4 is 11.6 Å². The summed E-state index contributed by atoms with van der Waals surface area (Å²) in [5.74, 6) is 0.479. The Kier molecular flexibility index (Phi) is 3.65. The van der Waals surface area contributed by atoms with Gasteiger partial charge in [-0.25, -0.2) is 0 Å². The van der Waals surface area contributed by atoms with Crippen molar-refractivity contribution in [1.82, 2.24) is 4.90 Å². The highest BCUT2D eigenvalue weighted by molar-refractivity contribution is 5.99. The second kappa shape index (κ2) is 5.60. The number of amides is 1. The average Bonchev–Trinajstić information content (AvgIpc) is 2.97. The zero-order valence-electron chi connectivity index (χ0n) is 12.3. The van der Waals surface area contributed by atoms with Gasteiger partial charge in [-0.15, -0.1) is 0 Å². The van der Waals surface area contributed by atoms with Crippen LogP contribution in [0.5, 0.6) is 0 Å². The molecule has 3 heteroatoms. The summed E-state index contributed by atoms with van der Waals surface area (Å²) in [4.78, 5) is 14.5. The molecule has 3 nitrogen and oxygen atoms in total. The second-order valence-corrected chi connectivity index (χ2v) is 5.74. The third-order valence-corrected chi connectivity index (χ3v) is 4.18. The lowest BCUT2D eigenvalue weighted by atomic mass is 9.99. The molecule has 21 heavy (non-hydrogen) atoms. The summed E-state index contributed by atoms with van der Waals surface area (Å²) in [6.07, 6.45) is 1.02. The molecule has 0 aromatic heterocycles. The lowest BCUT2D eigenvalue weighted by Gasteiger charge is -2.18. The summed E-state index contributed by atoms with van der Waals surface area (Å²) in [6, 6.07) is 16.0. The Bertz CT molecular complexity index is 652. The first-order valence-electron chi connectivity index (χ1n) is 7.35. The summed E-state index contributed by atoms with van der Waals surface area (Å²) in [6.45, 7) is 3.55. The standard InChI is InChI=1S/C18H20N2O/c1-13-7-8-16(17(19)11-13)18(21)20-10-9-15(12-20)14-5-3-2-4-6-14/h2-8,11,15H,9-10,12,19H2,1H3. The molecule has 0 radical (unpaired) electrons. The summed E-state index contributed by atoms with van der Waals surface area (Å²) in [5.41, 5.74) is 9.57. The van der Waals surface area contributed by atoms with Crippen LogP contribution in [0.15, 0.2) is 48.5 Å². The molecule has 1 unspecified atom stereocenters. The van der Waals surface area contributed by atoms with Crippen molar-refractivity contribution in [2.75, 3.05) is 18.8 Å². The molecule has 2 aromatic rings. The van der Waals surface area contributed by atoms with E-state index in [4.69, 9.17) is 5.73 Å². The van der Waals surface area contributed by atoms with Crippen LogP contribution in [0.3, 0.4) is 0 Å². The van der Waals surface area contributed by atoms with E-state index in [0.717, 1.165) is 25.1 Å². The fourth-order valence-corrected chi connectivity index (χ4v) is 2.99. The van der Waals surface area contributed by atoms with E-state index in [1.165, 1.54) is 5.56 Å². The molecule has 1 amide bonds. The third kappa shape index (κ3) is 2.77. The van der Waals surface area contributed by atoms with E-state index in [9.17, 15) is 4.79 Å².